The first-order chi connectivity index (χ1) is 31.7. The summed E-state index contributed by atoms with van der Waals surface area (Å²) < 4.78 is 19.7. The number of piperidine rings is 1. The summed E-state index contributed by atoms with van der Waals surface area (Å²) in [6.45, 7) is 5.50. The number of hydrogen-bond acceptors (Lipinski definition) is 14. The summed E-state index contributed by atoms with van der Waals surface area (Å²) >= 11 is 0. The number of ether oxygens (including phenoxy) is 3. The Morgan fingerprint density at radius 1 is 0.815 bits per heavy atom. The van der Waals surface area contributed by atoms with Gasteiger partial charge in [-0.1, -0.05) is 24.3 Å². The van der Waals surface area contributed by atoms with Crippen LogP contribution in [0.5, 0.6) is 17.2 Å². The minimum Gasteiger partial charge on any atom is -0.483 e. The number of imide groups is 2. The molecule has 3 N–H and O–H groups in total. The average Bonchev–Trinajstić information content (AvgIpc) is 3.85. The summed E-state index contributed by atoms with van der Waals surface area (Å²) in [7, 11) is 1.87. The number of nitrogens with one attached hydrogen (secondary N) is 3. The Morgan fingerprint density at radius 3 is 2.32 bits per heavy atom. The zero-order valence-corrected chi connectivity index (χ0v) is 36.2. The van der Waals surface area contributed by atoms with Gasteiger partial charge in [0.25, 0.3) is 17.7 Å². The van der Waals surface area contributed by atoms with Gasteiger partial charge in [0.15, 0.2) is 12.3 Å². The molecule has 1 aliphatic carbocycles. The van der Waals surface area contributed by atoms with E-state index >= 15 is 0 Å². The van der Waals surface area contributed by atoms with Gasteiger partial charge < -0.3 is 24.8 Å². The van der Waals surface area contributed by atoms with Crippen molar-refractivity contribution in [3.05, 3.63) is 90.3 Å². The van der Waals surface area contributed by atoms with Crippen molar-refractivity contribution < 1.29 is 38.2 Å². The van der Waals surface area contributed by atoms with Gasteiger partial charge in [0, 0.05) is 64.3 Å². The molecule has 18 nitrogen and oxygen atoms in total. The lowest BCUT2D eigenvalue weighted by Crippen LogP contribution is -2.54. The van der Waals surface area contributed by atoms with Gasteiger partial charge in [-0.3, -0.25) is 44.0 Å². The number of piperazine rings is 1. The number of carbonyl (C=O) groups excluding carboxylic acids is 5. The number of nitrogens with zero attached hydrogens (tertiary/aromatic N) is 7. The first kappa shape index (κ1) is 43.5. The van der Waals surface area contributed by atoms with E-state index < -0.39 is 35.6 Å². The highest BCUT2D eigenvalue weighted by Gasteiger charge is 2.46. The molecule has 0 bridgehead atoms. The molecule has 1 atom stereocenters. The average molecular weight is 885 g/mol. The molecule has 5 heterocycles. The van der Waals surface area contributed by atoms with E-state index in [0.717, 1.165) is 103 Å². The van der Waals surface area contributed by atoms with E-state index in [1.54, 1.807) is 12.4 Å². The van der Waals surface area contributed by atoms with Gasteiger partial charge in [0.2, 0.25) is 11.8 Å². The van der Waals surface area contributed by atoms with Gasteiger partial charge in [-0.2, -0.15) is 5.10 Å². The van der Waals surface area contributed by atoms with E-state index in [1.165, 1.54) is 12.1 Å². The Morgan fingerprint density at radius 2 is 1.57 bits per heavy atom. The first-order valence-electron chi connectivity index (χ1n) is 22.3. The molecule has 18 heteroatoms. The van der Waals surface area contributed by atoms with Gasteiger partial charge in [0.1, 0.15) is 41.1 Å². The fraction of sp³-hybridized carbons (Fsp3) is 0.404. The normalized spacial score (nSPS) is 20.4. The number of fused-ring (bicyclic) bond motifs is 2. The van der Waals surface area contributed by atoms with Gasteiger partial charge >= 0.3 is 0 Å². The number of para-hydroxylation sites is 1. The van der Waals surface area contributed by atoms with Crippen molar-refractivity contribution in [3.8, 4) is 28.5 Å². The fourth-order valence-electron chi connectivity index (χ4n) is 9.30. The zero-order chi connectivity index (χ0) is 44.9. The maximum atomic E-state index is 13.3. The number of carbonyl (C=O) groups is 5. The van der Waals surface area contributed by atoms with Crippen LogP contribution in [0.2, 0.25) is 0 Å². The molecule has 2 aromatic heterocycles. The molecule has 4 aliphatic rings. The van der Waals surface area contributed by atoms with Crippen molar-refractivity contribution >= 4 is 46.4 Å². The molecule has 3 aliphatic heterocycles. The maximum absolute atomic E-state index is 13.3. The lowest BCUT2D eigenvalue weighted by molar-refractivity contribution is -0.136. The van der Waals surface area contributed by atoms with Crippen LogP contribution in [-0.4, -0.2) is 142 Å². The molecular weight excluding hydrogens is 833 g/mol. The summed E-state index contributed by atoms with van der Waals surface area (Å²) in [5.41, 5.74) is 2.74. The Kier molecular flexibility index (Phi) is 13.1. The van der Waals surface area contributed by atoms with Crippen LogP contribution in [0.4, 0.5) is 5.82 Å². The predicted octanol–water partition coefficient (Wildman–Crippen LogP) is 4.04. The summed E-state index contributed by atoms with van der Waals surface area (Å²) in [6.07, 6.45) is 5.88. The van der Waals surface area contributed by atoms with Crippen molar-refractivity contribution in [2.24, 2.45) is 0 Å². The number of anilines is 1. The minimum atomic E-state index is -1.09. The molecule has 1 unspecified atom stereocenters. The Hall–Kier alpha value is -6.76. The number of hydrogen-bond donors (Lipinski definition) is 3. The number of aromatic nitrogens is 4. The van der Waals surface area contributed by atoms with E-state index in [4.69, 9.17) is 24.3 Å². The standard InChI is InChI=1S/C47H52N10O8/c1-48-43-41-42(30-10-16-34(17-11-30)65-33-6-3-2-4-7-33)53-57(44(41)51-29-50-43)32-14-12-31(13-15-32)55-23-21-54(22-24-55)25-27-63-26-20-49-39(59)28-64-37-9-5-8-35-40(37)47(62)56(46(35)61)36-18-19-38(58)52-45(36)60/h2-11,16-17,29,31-32,36H,12-15,18-28H2,1H3,(H,49,59)(H,48,50,51)(H,52,58,60). The summed E-state index contributed by atoms with van der Waals surface area (Å²) in [5.74, 6) is -0.534. The Balaban J connectivity index is 0.687. The minimum absolute atomic E-state index is 0.00574. The summed E-state index contributed by atoms with van der Waals surface area (Å²) in [4.78, 5) is 78.1. The predicted molar refractivity (Wildman–Crippen MR) is 239 cm³/mol. The number of amides is 5. The molecular formula is C47H52N10O8. The molecule has 65 heavy (non-hydrogen) atoms. The second-order valence-electron chi connectivity index (χ2n) is 16.6. The van der Waals surface area contributed by atoms with Crippen LogP contribution in [0.15, 0.2) is 79.1 Å². The molecule has 0 spiro atoms. The van der Waals surface area contributed by atoms with Crippen molar-refractivity contribution in [1.82, 2.24) is 45.1 Å². The topological polar surface area (TPSA) is 202 Å². The second-order valence-corrected chi connectivity index (χ2v) is 16.6. The van der Waals surface area contributed by atoms with E-state index in [1.807, 2.05) is 61.6 Å². The lowest BCUT2D eigenvalue weighted by atomic mass is 9.90. The van der Waals surface area contributed by atoms with E-state index in [0.29, 0.717) is 19.3 Å². The van der Waals surface area contributed by atoms with Crippen LogP contribution in [-0.2, 0) is 19.1 Å². The zero-order valence-electron chi connectivity index (χ0n) is 36.2. The fourth-order valence-corrected chi connectivity index (χ4v) is 9.30. The molecule has 5 aromatic rings. The molecule has 3 fully saturated rings. The van der Waals surface area contributed by atoms with Crippen LogP contribution in [0.25, 0.3) is 22.3 Å². The maximum Gasteiger partial charge on any atom is 0.266 e. The number of benzene rings is 3. The molecule has 5 amide bonds. The third kappa shape index (κ3) is 9.41. The molecule has 2 saturated heterocycles. The van der Waals surface area contributed by atoms with E-state index in [9.17, 15) is 24.0 Å². The number of rotatable bonds is 16. The van der Waals surface area contributed by atoms with E-state index in [-0.39, 0.29) is 48.9 Å². The van der Waals surface area contributed by atoms with Crippen LogP contribution in [0.3, 0.4) is 0 Å². The van der Waals surface area contributed by atoms with Gasteiger partial charge in [0.05, 0.1) is 35.8 Å². The molecule has 1 saturated carbocycles. The van der Waals surface area contributed by atoms with Crippen molar-refractivity contribution in [2.45, 2.75) is 56.7 Å². The third-order valence-electron chi connectivity index (χ3n) is 12.7. The highest BCUT2D eigenvalue weighted by atomic mass is 16.5. The SMILES string of the molecule is CNc1ncnc2c1c(-c1ccc(Oc3ccccc3)cc1)nn2C1CCC(N2CCN(CCOCCNC(=O)COc3cccc4c3C(=O)N(C3CCC(=O)NC3=O)C4=O)CC2)CC1. The molecule has 338 valence electrons. The van der Waals surface area contributed by atoms with Gasteiger partial charge in [-0.15, -0.1) is 0 Å². The first-order valence-corrected chi connectivity index (χ1v) is 22.3. The van der Waals surface area contributed by atoms with Crippen molar-refractivity contribution in [1.29, 1.82) is 0 Å². The largest absolute Gasteiger partial charge is 0.483 e. The Labute approximate surface area is 375 Å². The van der Waals surface area contributed by atoms with Crippen LogP contribution in [0, 0.1) is 0 Å². The van der Waals surface area contributed by atoms with Gasteiger partial charge in [-0.05, 0) is 80.6 Å². The molecule has 0 radical (unpaired) electrons. The van der Waals surface area contributed by atoms with Crippen LogP contribution in [0.1, 0.15) is 65.3 Å². The highest BCUT2D eigenvalue weighted by Crippen LogP contribution is 2.39. The van der Waals surface area contributed by atoms with Gasteiger partial charge in [-0.25, -0.2) is 14.6 Å². The van der Waals surface area contributed by atoms with Crippen LogP contribution < -0.4 is 25.4 Å². The summed E-state index contributed by atoms with van der Waals surface area (Å²) in [6, 6.07) is 21.9. The monoisotopic (exact) mass is 884 g/mol. The molecule has 9 rings (SSSR count). The third-order valence-corrected chi connectivity index (χ3v) is 12.7. The lowest BCUT2D eigenvalue weighted by Gasteiger charge is -2.42. The smallest absolute Gasteiger partial charge is 0.266 e. The van der Waals surface area contributed by atoms with Crippen LogP contribution >= 0.6 is 0 Å². The van der Waals surface area contributed by atoms with Crippen molar-refractivity contribution in [2.75, 3.05) is 71.5 Å². The van der Waals surface area contributed by atoms with Crippen molar-refractivity contribution in [3.63, 3.8) is 0 Å². The highest BCUT2D eigenvalue weighted by molar-refractivity contribution is 6.24. The quantitative estimate of drug-likeness (QED) is 0.0947. The summed E-state index contributed by atoms with van der Waals surface area (Å²) in [5, 5.41) is 14.3. The molecule has 3 aromatic carbocycles. The Bertz CT molecular complexity index is 2550. The second kappa shape index (κ2) is 19.5. The van der Waals surface area contributed by atoms with E-state index in [2.05, 4.69) is 35.4 Å².